The van der Waals surface area contributed by atoms with E-state index in [0.717, 1.165) is 68.1 Å². The average molecular weight is 973 g/mol. The van der Waals surface area contributed by atoms with Crippen LogP contribution < -0.4 is 9.47 Å². The maximum Gasteiger partial charge on any atom is 0.314 e. The third-order valence-electron chi connectivity index (χ3n) is 16.8. The van der Waals surface area contributed by atoms with E-state index < -0.39 is 0 Å². The summed E-state index contributed by atoms with van der Waals surface area (Å²) in [5.74, 6) is -0.00625. The summed E-state index contributed by atoms with van der Waals surface area (Å²) in [7, 11) is 0. The molecular weight excluding hydrogens is 897 g/mol. The van der Waals surface area contributed by atoms with Gasteiger partial charge in [0.2, 0.25) is 0 Å². The monoisotopic (exact) mass is 973 g/mol. The van der Waals surface area contributed by atoms with Crippen molar-refractivity contribution in [2.24, 2.45) is 47.3 Å². The molecule has 0 spiro atoms. The molecule has 1 heterocycles. The molecule has 0 amide bonds. The van der Waals surface area contributed by atoms with Gasteiger partial charge in [-0.2, -0.15) is 0 Å². The smallest absolute Gasteiger partial charge is 0.314 e. The van der Waals surface area contributed by atoms with E-state index in [2.05, 4.69) is 13.8 Å². The fourth-order valence-corrected chi connectivity index (χ4v) is 12.7. The van der Waals surface area contributed by atoms with Crippen molar-refractivity contribution in [1.29, 1.82) is 0 Å². The SMILES string of the molecule is CCC1CCC(C(=O)OC2CCC(C(=O)OC3CCC(C(=O)Oc4ccc(OC(=O)C5CCC(OC(=O)C6CCC(OC(=O)C7CCC(CC)CC7)CC6)CC5)c(-c5cccs5)c4)CC3)CC2)CC1. The molecule has 6 aliphatic rings. The van der Waals surface area contributed by atoms with E-state index in [1.54, 1.807) is 18.2 Å². The van der Waals surface area contributed by atoms with Gasteiger partial charge in [0.05, 0.1) is 35.5 Å². The summed E-state index contributed by atoms with van der Waals surface area (Å²) in [6.07, 6.45) is 19.5. The van der Waals surface area contributed by atoms with Gasteiger partial charge in [0.1, 0.15) is 35.9 Å². The molecular formula is C56H76O12S. The summed E-state index contributed by atoms with van der Waals surface area (Å²) in [5.41, 5.74) is 0.659. The molecule has 0 N–H and O–H groups in total. The second-order valence-corrected chi connectivity index (χ2v) is 22.3. The normalized spacial score (nSPS) is 31.9. The highest BCUT2D eigenvalue weighted by atomic mass is 32.1. The van der Waals surface area contributed by atoms with Gasteiger partial charge < -0.3 is 28.4 Å². The average Bonchev–Trinajstić information content (AvgIpc) is 3.93. The van der Waals surface area contributed by atoms with Crippen molar-refractivity contribution in [2.75, 3.05) is 0 Å². The van der Waals surface area contributed by atoms with Crippen LogP contribution in [0.1, 0.15) is 181 Å². The Bertz CT molecular complexity index is 2020. The van der Waals surface area contributed by atoms with Gasteiger partial charge in [-0.05, 0) is 196 Å². The third kappa shape index (κ3) is 14.0. The summed E-state index contributed by atoms with van der Waals surface area (Å²) >= 11 is 1.49. The lowest BCUT2D eigenvalue weighted by Gasteiger charge is -2.32. The number of thiophene rings is 1. The molecule has 378 valence electrons. The third-order valence-corrected chi connectivity index (χ3v) is 17.7. The number of esters is 6. The molecule has 0 bridgehead atoms. The standard InChI is InChI=1S/C56H76O12S/c1-3-35-7-11-37(12-8-35)51(57)63-43-23-15-39(16-24-43)53(59)65-45-27-19-41(20-28-45)55(61)67-47-31-32-49(48(34-47)50-6-5-33-69-50)68-56(62)42-21-29-46(30-22-42)66-54(60)40-17-25-44(26-18-40)64-52(58)38-13-9-36(4-2)10-14-38/h5-6,31-46H,3-4,7-30H2,1-2H3. The molecule has 12 nitrogen and oxygen atoms in total. The number of hydrogen-bond donors (Lipinski definition) is 0. The van der Waals surface area contributed by atoms with Gasteiger partial charge in [0, 0.05) is 10.4 Å². The van der Waals surface area contributed by atoms with Crippen molar-refractivity contribution in [3.63, 3.8) is 0 Å². The molecule has 8 rings (SSSR count). The zero-order chi connectivity index (χ0) is 48.3. The lowest BCUT2D eigenvalue weighted by atomic mass is 9.81. The Morgan fingerprint density at radius 2 is 0.754 bits per heavy atom. The topological polar surface area (TPSA) is 158 Å². The van der Waals surface area contributed by atoms with Crippen molar-refractivity contribution in [2.45, 2.75) is 205 Å². The summed E-state index contributed by atoms with van der Waals surface area (Å²) in [6.45, 7) is 4.43. The van der Waals surface area contributed by atoms with E-state index in [9.17, 15) is 28.8 Å². The number of carbonyl (C=O) groups excluding carboxylic acids is 6. The van der Waals surface area contributed by atoms with Crippen LogP contribution in [0.15, 0.2) is 35.7 Å². The number of hydrogen-bond acceptors (Lipinski definition) is 13. The van der Waals surface area contributed by atoms with Crippen molar-refractivity contribution in [3.05, 3.63) is 35.7 Å². The zero-order valence-corrected chi connectivity index (χ0v) is 41.9. The van der Waals surface area contributed by atoms with E-state index in [1.165, 1.54) is 24.2 Å². The second kappa shape index (κ2) is 24.7. The number of carbonyl (C=O) groups is 6. The molecule has 6 saturated carbocycles. The highest BCUT2D eigenvalue weighted by molar-refractivity contribution is 7.13. The van der Waals surface area contributed by atoms with Gasteiger partial charge >= 0.3 is 35.8 Å². The first-order valence-electron chi connectivity index (χ1n) is 26.9. The molecule has 13 heteroatoms. The Balaban J connectivity index is 0.730. The highest BCUT2D eigenvalue weighted by Crippen LogP contribution is 2.40. The molecule has 6 fully saturated rings. The molecule has 1 aromatic carbocycles. The first-order valence-corrected chi connectivity index (χ1v) is 27.8. The molecule has 6 aliphatic carbocycles. The Morgan fingerprint density at radius 3 is 1.09 bits per heavy atom. The Labute approximate surface area is 413 Å². The lowest BCUT2D eigenvalue weighted by Crippen LogP contribution is -2.34. The van der Waals surface area contributed by atoms with Gasteiger partial charge in [-0.3, -0.25) is 28.8 Å². The minimum atomic E-state index is -0.337. The van der Waals surface area contributed by atoms with Crippen LogP contribution in [0, 0.1) is 47.3 Å². The van der Waals surface area contributed by atoms with E-state index in [4.69, 9.17) is 28.4 Å². The van der Waals surface area contributed by atoms with Crippen molar-refractivity contribution >= 4 is 47.2 Å². The van der Waals surface area contributed by atoms with Crippen molar-refractivity contribution in [1.82, 2.24) is 0 Å². The van der Waals surface area contributed by atoms with E-state index in [-0.39, 0.29) is 95.7 Å². The fraction of sp³-hybridized carbons (Fsp3) is 0.714. The predicted octanol–water partition coefficient (Wildman–Crippen LogP) is 12.1. The first-order chi connectivity index (χ1) is 33.5. The van der Waals surface area contributed by atoms with E-state index in [1.807, 2.05) is 17.5 Å². The van der Waals surface area contributed by atoms with Gasteiger partial charge in [-0.25, -0.2) is 0 Å². The summed E-state index contributed by atoms with van der Waals surface area (Å²) in [6, 6.07) is 8.94. The number of rotatable bonds is 15. The quantitative estimate of drug-likeness (QED) is 0.0946. The van der Waals surface area contributed by atoms with Crippen LogP contribution >= 0.6 is 11.3 Å². The molecule has 2 aromatic rings. The van der Waals surface area contributed by atoms with Crippen LogP contribution in [0.2, 0.25) is 0 Å². The Kier molecular flexibility index (Phi) is 18.3. The van der Waals surface area contributed by atoms with Crippen LogP contribution in [-0.2, 0) is 47.7 Å². The second-order valence-electron chi connectivity index (χ2n) is 21.4. The minimum absolute atomic E-state index is 0.0114. The first kappa shape index (κ1) is 51.1. The Morgan fingerprint density at radius 1 is 0.420 bits per heavy atom. The van der Waals surface area contributed by atoms with Gasteiger partial charge in [0.15, 0.2) is 0 Å². The molecule has 0 saturated heterocycles. The van der Waals surface area contributed by atoms with Crippen LogP contribution in [-0.4, -0.2) is 60.2 Å². The van der Waals surface area contributed by atoms with E-state index in [0.29, 0.717) is 120 Å². The van der Waals surface area contributed by atoms with Crippen molar-refractivity contribution < 1.29 is 57.2 Å². The number of ether oxygens (including phenoxy) is 6. The number of benzene rings is 1. The predicted molar refractivity (Wildman–Crippen MR) is 260 cm³/mol. The molecule has 0 aliphatic heterocycles. The zero-order valence-electron chi connectivity index (χ0n) is 41.1. The van der Waals surface area contributed by atoms with Crippen LogP contribution in [0.4, 0.5) is 0 Å². The van der Waals surface area contributed by atoms with Crippen molar-refractivity contribution in [3.8, 4) is 21.9 Å². The van der Waals surface area contributed by atoms with Crippen LogP contribution in [0.25, 0.3) is 10.4 Å². The maximum atomic E-state index is 13.6. The molecule has 0 unspecified atom stereocenters. The van der Waals surface area contributed by atoms with Gasteiger partial charge in [0.25, 0.3) is 0 Å². The molecule has 0 radical (unpaired) electrons. The van der Waals surface area contributed by atoms with Gasteiger partial charge in [-0.15, -0.1) is 11.3 Å². The largest absolute Gasteiger partial charge is 0.462 e. The van der Waals surface area contributed by atoms with Crippen LogP contribution in [0.5, 0.6) is 11.5 Å². The fourth-order valence-electron chi connectivity index (χ4n) is 12.0. The summed E-state index contributed by atoms with van der Waals surface area (Å²) in [4.78, 5) is 79.9. The Hall–Kier alpha value is -4.26. The van der Waals surface area contributed by atoms with Crippen LogP contribution in [0.3, 0.4) is 0 Å². The molecule has 69 heavy (non-hydrogen) atoms. The lowest BCUT2D eigenvalue weighted by molar-refractivity contribution is -0.164. The minimum Gasteiger partial charge on any atom is -0.462 e. The summed E-state index contributed by atoms with van der Waals surface area (Å²) < 4.78 is 35.7. The van der Waals surface area contributed by atoms with E-state index >= 15 is 0 Å². The molecule has 1 aromatic heterocycles. The maximum absolute atomic E-state index is 13.6. The highest BCUT2D eigenvalue weighted by Gasteiger charge is 2.38. The van der Waals surface area contributed by atoms with Gasteiger partial charge in [-0.1, -0.05) is 32.8 Å². The summed E-state index contributed by atoms with van der Waals surface area (Å²) in [5, 5.41) is 1.94. The molecule has 0 atom stereocenters.